The Balaban J connectivity index is 2.77. The molecule has 4 atom stereocenters. The Morgan fingerprint density at radius 3 is 1.93 bits per heavy atom. The van der Waals surface area contributed by atoms with Gasteiger partial charge in [-0.1, -0.05) is 0 Å². The molecule has 1 saturated carbocycles. The number of carbonyl (C=O) groups excluding carboxylic acids is 3. The van der Waals surface area contributed by atoms with Crippen LogP contribution >= 0.6 is 0 Å². The van der Waals surface area contributed by atoms with Gasteiger partial charge in [-0.05, 0) is 38.5 Å². The molecule has 1 N–H and O–H groups in total. The first-order valence-electron chi connectivity index (χ1n) is 8.64. The van der Waals surface area contributed by atoms with Crippen LogP contribution in [0, 0.1) is 11.8 Å². The van der Waals surface area contributed by atoms with Crippen LogP contribution in [-0.2, 0) is 14.4 Å². The van der Waals surface area contributed by atoms with Crippen LogP contribution < -0.4 is 14.2 Å². The maximum Gasteiger partial charge on any atom is 0.203 e. The van der Waals surface area contributed by atoms with Crippen molar-refractivity contribution in [2.75, 3.05) is 21.3 Å². The number of aliphatic hydroxyl groups is 1. The Morgan fingerprint density at radius 1 is 1.04 bits per heavy atom. The molecule has 7 heteroatoms. The summed E-state index contributed by atoms with van der Waals surface area (Å²) in [7, 11) is 4.37. The Hall–Kier alpha value is -2.41. The summed E-state index contributed by atoms with van der Waals surface area (Å²) in [6, 6.07) is 3.24. The molecule has 148 valence electrons. The van der Waals surface area contributed by atoms with E-state index < -0.39 is 23.4 Å². The summed E-state index contributed by atoms with van der Waals surface area (Å²) in [5, 5.41) is 10.8. The molecule has 0 radical (unpaired) electrons. The normalized spacial score (nSPS) is 27.8. The van der Waals surface area contributed by atoms with Crippen molar-refractivity contribution in [1.82, 2.24) is 0 Å². The molecule has 0 amide bonds. The topological polar surface area (TPSA) is 99.1 Å². The summed E-state index contributed by atoms with van der Waals surface area (Å²) in [4.78, 5) is 37.4. The number of methoxy groups -OCH3 is 3. The van der Waals surface area contributed by atoms with Crippen molar-refractivity contribution in [3.63, 3.8) is 0 Å². The number of Topliss-reactive ketones (excluding diaryl/α,β-unsaturated/α-hetero) is 3. The number of ketones is 3. The molecule has 7 nitrogen and oxygen atoms in total. The van der Waals surface area contributed by atoms with Crippen LogP contribution in [0.2, 0.25) is 0 Å². The first-order chi connectivity index (χ1) is 12.6. The summed E-state index contributed by atoms with van der Waals surface area (Å²) < 4.78 is 16.0. The lowest BCUT2D eigenvalue weighted by Gasteiger charge is -2.44. The van der Waals surface area contributed by atoms with Crippen molar-refractivity contribution in [3.05, 3.63) is 17.7 Å². The highest BCUT2D eigenvalue weighted by molar-refractivity contribution is 6.05. The fraction of sp³-hybridized carbons (Fsp3) is 0.550. The number of rotatable bonds is 6. The van der Waals surface area contributed by atoms with Gasteiger partial charge in [0.2, 0.25) is 5.75 Å². The van der Waals surface area contributed by atoms with E-state index in [0.717, 1.165) is 0 Å². The second-order valence-corrected chi connectivity index (χ2v) is 7.16. The van der Waals surface area contributed by atoms with E-state index in [2.05, 4.69) is 0 Å². The summed E-state index contributed by atoms with van der Waals surface area (Å²) in [6.07, 6.45) is -0.248. The Bertz CT molecular complexity index is 741. The van der Waals surface area contributed by atoms with Gasteiger partial charge in [0.1, 0.15) is 17.3 Å². The molecule has 0 unspecified atom stereocenters. The zero-order valence-electron chi connectivity index (χ0n) is 16.5. The van der Waals surface area contributed by atoms with Crippen LogP contribution in [0.25, 0.3) is 0 Å². The zero-order chi connectivity index (χ0) is 20.5. The third-order valence-corrected chi connectivity index (χ3v) is 5.22. The lowest BCUT2D eigenvalue weighted by molar-refractivity contribution is -0.151. The van der Waals surface area contributed by atoms with Crippen LogP contribution in [0.1, 0.15) is 38.7 Å². The van der Waals surface area contributed by atoms with Crippen LogP contribution in [-0.4, -0.2) is 49.4 Å². The van der Waals surface area contributed by atoms with Gasteiger partial charge in [-0.25, -0.2) is 0 Å². The molecular weight excluding hydrogens is 352 g/mol. The van der Waals surface area contributed by atoms with E-state index >= 15 is 0 Å². The maximum absolute atomic E-state index is 12.7. The predicted octanol–water partition coefficient (Wildman–Crippen LogP) is 1.93. The number of carbonyl (C=O) groups is 3. The van der Waals surface area contributed by atoms with Crippen molar-refractivity contribution in [3.8, 4) is 17.2 Å². The molecule has 1 aromatic rings. The van der Waals surface area contributed by atoms with Gasteiger partial charge in [-0.2, -0.15) is 0 Å². The van der Waals surface area contributed by atoms with Gasteiger partial charge >= 0.3 is 0 Å². The molecule has 1 aliphatic rings. The van der Waals surface area contributed by atoms with Gasteiger partial charge in [0.05, 0.1) is 38.8 Å². The van der Waals surface area contributed by atoms with Crippen LogP contribution in [0.4, 0.5) is 0 Å². The van der Waals surface area contributed by atoms with E-state index in [1.807, 2.05) is 0 Å². The largest absolute Gasteiger partial charge is 0.493 e. The molecule has 0 heterocycles. The molecule has 0 bridgehead atoms. The molecule has 2 rings (SSSR count). The SMILES string of the molecule is COc1cc([C@H]2[C@@H](C(C)=O)C(=O)C[C@](C)(O)[C@H]2C(C)=O)cc(OC)c1OC. The molecule has 0 aromatic heterocycles. The van der Waals surface area contributed by atoms with Gasteiger partial charge in [0, 0.05) is 12.3 Å². The highest BCUT2D eigenvalue weighted by atomic mass is 16.5. The van der Waals surface area contributed by atoms with E-state index in [1.165, 1.54) is 42.1 Å². The first kappa shape index (κ1) is 20.9. The van der Waals surface area contributed by atoms with Crippen molar-refractivity contribution in [1.29, 1.82) is 0 Å². The van der Waals surface area contributed by atoms with E-state index in [9.17, 15) is 19.5 Å². The highest BCUT2D eigenvalue weighted by Crippen LogP contribution is 2.49. The first-order valence-corrected chi connectivity index (χ1v) is 8.64. The van der Waals surface area contributed by atoms with Crippen LogP contribution in [0.15, 0.2) is 12.1 Å². The number of hydrogen-bond acceptors (Lipinski definition) is 7. The quantitative estimate of drug-likeness (QED) is 0.755. The number of benzene rings is 1. The number of ether oxygens (including phenoxy) is 3. The van der Waals surface area contributed by atoms with Crippen molar-refractivity contribution in [2.24, 2.45) is 11.8 Å². The monoisotopic (exact) mass is 378 g/mol. The van der Waals surface area contributed by atoms with E-state index in [0.29, 0.717) is 22.8 Å². The van der Waals surface area contributed by atoms with Gasteiger partial charge in [-0.15, -0.1) is 0 Å². The average Bonchev–Trinajstić information content (AvgIpc) is 2.57. The Kier molecular flexibility index (Phi) is 5.94. The van der Waals surface area contributed by atoms with Crippen molar-refractivity contribution >= 4 is 17.3 Å². The molecule has 1 aromatic carbocycles. The highest BCUT2D eigenvalue weighted by Gasteiger charge is 2.54. The fourth-order valence-corrected chi connectivity index (χ4v) is 4.20. The molecular formula is C20H26O7. The van der Waals surface area contributed by atoms with E-state index in [1.54, 1.807) is 12.1 Å². The minimum absolute atomic E-state index is 0.248. The number of hydrogen-bond donors (Lipinski definition) is 1. The van der Waals surface area contributed by atoms with Crippen LogP contribution in [0.5, 0.6) is 17.2 Å². The minimum Gasteiger partial charge on any atom is -0.493 e. The molecule has 0 aliphatic heterocycles. The smallest absolute Gasteiger partial charge is 0.203 e. The molecule has 27 heavy (non-hydrogen) atoms. The lowest BCUT2D eigenvalue weighted by atomic mass is 9.60. The minimum atomic E-state index is -1.56. The van der Waals surface area contributed by atoms with Gasteiger partial charge in [0.25, 0.3) is 0 Å². The van der Waals surface area contributed by atoms with E-state index in [-0.39, 0.29) is 23.8 Å². The molecule has 1 fully saturated rings. The summed E-state index contributed by atoms with van der Waals surface area (Å²) in [6.45, 7) is 4.14. The molecule has 1 aliphatic carbocycles. The third-order valence-electron chi connectivity index (χ3n) is 5.22. The van der Waals surface area contributed by atoms with Gasteiger partial charge < -0.3 is 19.3 Å². The Morgan fingerprint density at radius 2 is 1.56 bits per heavy atom. The third kappa shape index (κ3) is 3.69. The maximum atomic E-state index is 12.7. The summed E-state index contributed by atoms with van der Waals surface area (Å²) >= 11 is 0. The van der Waals surface area contributed by atoms with Crippen molar-refractivity contribution in [2.45, 2.75) is 38.7 Å². The predicted molar refractivity (Wildman–Crippen MR) is 97.4 cm³/mol. The summed E-state index contributed by atoms with van der Waals surface area (Å²) in [5.74, 6) is -2.76. The average molecular weight is 378 g/mol. The summed E-state index contributed by atoms with van der Waals surface area (Å²) in [5.41, 5.74) is -1.06. The van der Waals surface area contributed by atoms with Gasteiger partial charge in [0.15, 0.2) is 11.5 Å². The Labute approximate surface area is 158 Å². The second-order valence-electron chi connectivity index (χ2n) is 7.16. The standard InChI is InChI=1S/C20H26O7/c1-10(21)16-13(23)9-20(3,24)18(11(2)22)17(16)12-7-14(25-4)19(27-6)15(8-12)26-5/h7-8,16-18,24H,9H2,1-6H3/t16-,17-,18-,20-/m0/s1. The zero-order valence-corrected chi connectivity index (χ0v) is 16.5. The van der Waals surface area contributed by atoms with Crippen molar-refractivity contribution < 1.29 is 33.7 Å². The molecule has 0 spiro atoms. The second kappa shape index (κ2) is 7.68. The lowest BCUT2D eigenvalue weighted by Crippen LogP contribution is -2.53. The van der Waals surface area contributed by atoms with Crippen LogP contribution in [0.3, 0.4) is 0 Å². The van der Waals surface area contributed by atoms with E-state index in [4.69, 9.17) is 14.2 Å². The van der Waals surface area contributed by atoms with Gasteiger partial charge in [-0.3, -0.25) is 14.4 Å². The molecule has 0 saturated heterocycles. The fourth-order valence-electron chi connectivity index (χ4n) is 4.20.